The molecule has 0 aromatic heterocycles. The highest BCUT2D eigenvalue weighted by atomic mass is 16.4. The molecule has 3 N–H and O–H groups in total. The zero-order valence-electron chi connectivity index (χ0n) is 16.6. The standard InChI is InChI=1S/C22H36O5/c1-3-5-14-22(27,4-2)15-10-12-18-17(19(23)16-20(18)24)11-8-6-7-9-13-21(25)26/h4,10,12,17-18,20,24,27H,2-3,5-9,11,13-16H2,1H3,(H,25,26)/t17-,18-,20-,22?/m1/s1. The van der Waals surface area contributed by atoms with E-state index in [9.17, 15) is 19.8 Å². The van der Waals surface area contributed by atoms with Gasteiger partial charge in [-0.25, -0.2) is 0 Å². The first-order valence-corrected chi connectivity index (χ1v) is 10.3. The third-order valence-corrected chi connectivity index (χ3v) is 5.56. The molecule has 0 amide bonds. The lowest BCUT2D eigenvalue weighted by atomic mass is 9.87. The van der Waals surface area contributed by atoms with E-state index in [4.69, 9.17) is 5.11 Å². The van der Waals surface area contributed by atoms with E-state index in [1.165, 1.54) is 0 Å². The van der Waals surface area contributed by atoms with Crippen LogP contribution >= 0.6 is 0 Å². The van der Waals surface area contributed by atoms with Crippen LogP contribution in [0.3, 0.4) is 0 Å². The summed E-state index contributed by atoms with van der Waals surface area (Å²) in [5, 5.41) is 29.4. The van der Waals surface area contributed by atoms with Crippen LogP contribution in [0.2, 0.25) is 0 Å². The van der Waals surface area contributed by atoms with Crippen molar-refractivity contribution in [2.45, 2.75) is 89.3 Å². The van der Waals surface area contributed by atoms with Crippen LogP contribution < -0.4 is 0 Å². The van der Waals surface area contributed by atoms with Crippen LogP contribution in [0.25, 0.3) is 0 Å². The molecule has 1 saturated carbocycles. The van der Waals surface area contributed by atoms with E-state index in [1.807, 2.05) is 12.2 Å². The van der Waals surface area contributed by atoms with Crippen molar-refractivity contribution in [2.24, 2.45) is 11.8 Å². The second-order valence-corrected chi connectivity index (χ2v) is 7.81. The summed E-state index contributed by atoms with van der Waals surface area (Å²) in [5.41, 5.74) is -0.931. The summed E-state index contributed by atoms with van der Waals surface area (Å²) in [4.78, 5) is 22.7. The number of hydrogen-bond acceptors (Lipinski definition) is 4. The monoisotopic (exact) mass is 380 g/mol. The highest BCUT2D eigenvalue weighted by molar-refractivity contribution is 5.84. The number of aliphatic carboxylic acids is 1. The summed E-state index contributed by atoms with van der Waals surface area (Å²) >= 11 is 0. The molecular weight excluding hydrogens is 344 g/mol. The minimum absolute atomic E-state index is 0.104. The van der Waals surface area contributed by atoms with Crippen LogP contribution in [-0.2, 0) is 9.59 Å². The molecule has 0 aromatic carbocycles. The molecule has 0 bridgehead atoms. The Balaban J connectivity index is 2.51. The number of carbonyl (C=O) groups excluding carboxylic acids is 1. The molecule has 27 heavy (non-hydrogen) atoms. The van der Waals surface area contributed by atoms with E-state index < -0.39 is 17.7 Å². The van der Waals surface area contributed by atoms with Crippen molar-refractivity contribution in [3.8, 4) is 0 Å². The molecule has 0 aromatic rings. The molecule has 1 unspecified atom stereocenters. The number of carboxylic acids is 1. The quantitative estimate of drug-likeness (QED) is 0.312. The van der Waals surface area contributed by atoms with Gasteiger partial charge >= 0.3 is 5.97 Å². The van der Waals surface area contributed by atoms with Crippen LogP contribution in [0.1, 0.15) is 77.6 Å². The largest absolute Gasteiger partial charge is 0.481 e. The lowest BCUT2D eigenvalue weighted by Gasteiger charge is -2.23. The molecule has 5 nitrogen and oxygen atoms in total. The van der Waals surface area contributed by atoms with Gasteiger partial charge in [0.2, 0.25) is 0 Å². The first kappa shape index (κ1) is 23.6. The molecule has 4 atom stereocenters. The number of Topliss-reactive ketones (excluding diaryl/α,β-unsaturated/α-hetero) is 1. The van der Waals surface area contributed by atoms with Gasteiger partial charge in [0.15, 0.2) is 0 Å². The zero-order chi connectivity index (χ0) is 20.3. The highest BCUT2D eigenvalue weighted by Gasteiger charge is 2.39. The Morgan fingerprint density at radius 1 is 1.26 bits per heavy atom. The Kier molecular flexibility index (Phi) is 10.6. The fourth-order valence-corrected chi connectivity index (χ4v) is 3.79. The van der Waals surface area contributed by atoms with Crippen molar-refractivity contribution >= 4 is 11.8 Å². The van der Waals surface area contributed by atoms with Crippen molar-refractivity contribution in [1.29, 1.82) is 0 Å². The van der Waals surface area contributed by atoms with Crippen molar-refractivity contribution in [3.63, 3.8) is 0 Å². The first-order chi connectivity index (χ1) is 12.8. The molecule has 0 radical (unpaired) electrons. The van der Waals surface area contributed by atoms with Gasteiger partial charge in [0.05, 0.1) is 11.7 Å². The number of hydrogen-bond donors (Lipinski definition) is 3. The fraction of sp³-hybridized carbons (Fsp3) is 0.727. The lowest BCUT2D eigenvalue weighted by Crippen LogP contribution is -2.25. The normalized spacial score (nSPS) is 25.0. The predicted molar refractivity (Wildman–Crippen MR) is 106 cm³/mol. The Morgan fingerprint density at radius 3 is 2.59 bits per heavy atom. The van der Waals surface area contributed by atoms with Crippen molar-refractivity contribution in [3.05, 3.63) is 24.8 Å². The summed E-state index contributed by atoms with van der Waals surface area (Å²) in [7, 11) is 0. The maximum absolute atomic E-state index is 12.2. The summed E-state index contributed by atoms with van der Waals surface area (Å²) in [6, 6.07) is 0. The van der Waals surface area contributed by atoms with Crippen LogP contribution in [0.4, 0.5) is 0 Å². The smallest absolute Gasteiger partial charge is 0.303 e. The fourth-order valence-electron chi connectivity index (χ4n) is 3.79. The third-order valence-electron chi connectivity index (χ3n) is 5.56. The third kappa shape index (κ3) is 8.39. The minimum atomic E-state index is -0.931. The van der Waals surface area contributed by atoms with E-state index >= 15 is 0 Å². The zero-order valence-corrected chi connectivity index (χ0v) is 16.6. The number of rotatable bonds is 14. The Bertz CT molecular complexity index is 513. The van der Waals surface area contributed by atoms with Gasteiger partial charge in [0, 0.05) is 24.7 Å². The van der Waals surface area contributed by atoms with E-state index in [-0.39, 0.29) is 30.5 Å². The maximum Gasteiger partial charge on any atom is 0.303 e. The average Bonchev–Trinajstić information content (AvgIpc) is 2.89. The lowest BCUT2D eigenvalue weighted by molar-refractivity contribution is -0.137. The maximum atomic E-state index is 12.2. The number of carbonyl (C=O) groups is 2. The van der Waals surface area contributed by atoms with Crippen molar-refractivity contribution in [1.82, 2.24) is 0 Å². The number of aliphatic hydroxyl groups excluding tert-OH is 1. The van der Waals surface area contributed by atoms with Crippen molar-refractivity contribution < 1.29 is 24.9 Å². The molecule has 5 heteroatoms. The van der Waals surface area contributed by atoms with Crippen LogP contribution in [-0.4, -0.2) is 38.8 Å². The first-order valence-electron chi connectivity index (χ1n) is 10.3. The van der Waals surface area contributed by atoms with E-state index in [2.05, 4.69) is 13.5 Å². The molecule has 1 aliphatic rings. The highest BCUT2D eigenvalue weighted by Crippen LogP contribution is 2.34. The van der Waals surface area contributed by atoms with Crippen LogP contribution in [0.5, 0.6) is 0 Å². The van der Waals surface area contributed by atoms with Gasteiger partial charge in [0.1, 0.15) is 5.78 Å². The molecule has 1 fully saturated rings. The Morgan fingerprint density at radius 2 is 1.96 bits per heavy atom. The number of unbranched alkanes of at least 4 members (excludes halogenated alkanes) is 4. The van der Waals surface area contributed by atoms with E-state index in [0.717, 1.165) is 38.5 Å². The second kappa shape index (κ2) is 12.1. The molecule has 0 aliphatic heterocycles. The summed E-state index contributed by atoms with van der Waals surface area (Å²) < 4.78 is 0. The molecule has 1 rings (SSSR count). The van der Waals surface area contributed by atoms with Crippen LogP contribution in [0, 0.1) is 11.8 Å². The molecule has 0 heterocycles. The van der Waals surface area contributed by atoms with Gasteiger partial charge in [-0.2, -0.15) is 0 Å². The summed E-state index contributed by atoms with van der Waals surface area (Å²) in [6.45, 7) is 5.81. The minimum Gasteiger partial charge on any atom is -0.481 e. The summed E-state index contributed by atoms with van der Waals surface area (Å²) in [6.07, 6.45) is 12.1. The van der Waals surface area contributed by atoms with E-state index in [1.54, 1.807) is 6.08 Å². The number of carboxylic acid groups (broad SMARTS) is 1. The molecule has 1 aliphatic carbocycles. The SMILES string of the molecule is C=CC(O)(CC=C[C@H]1[C@H](O)CC(=O)[C@@H]1CCCCCCC(=O)O)CCCC. The van der Waals surface area contributed by atoms with Gasteiger partial charge in [-0.3, -0.25) is 9.59 Å². The van der Waals surface area contributed by atoms with E-state index in [0.29, 0.717) is 19.3 Å². The van der Waals surface area contributed by atoms with Gasteiger partial charge in [-0.15, -0.1) is 6.58 Å². The average molecular weight is 381 g/mol. The van der Waals surface area contributed by atoms with Gasteiger partial charge in [-0.05, 0) is 25.7 Å². The second-order valence-electron chi connectivity index (χ2n) is 7.81. The van der Waals surface area contributed by atoms with Crippen LogP contribution in [0.15, 0.2) is 24.8 Å². The van der Waals surface area contributed by atoms with Crippen molar-refractivity contribution in [2.75, 3.05) is 0 Å². The number of ketones is 1. The Labute approximate surface area is 163 Å². The number of aliphatic hydroxyl groups is 2. The Hall–Kier alpha value is -1.46. The molecule has 154 valence electrons. The van der Waals surface area contributed by atoms with Gasteiger partial charge in [0.25, 0.3) is 0 Å². The molecular formula is C22H36O5. The summed E-state index contributed by atoms with van der Waals surface area (Å²) in [5.74, 6) is -1.04. The molecule has 0 saturated heterocycles. The topological polar surface area (TPSA) is 94.8 Å². The van der Waals surface area contributed by atoms with Gasteiger partial charge in [-0.1, -0.05) is 57.3 Å². The predicted octanol–water partition coefficient (Wildman–Crippen LogP) is 4.03. The van der Waals surface area contributed by atoms with Gasteiger partial charge < -0.3 is 15.3 Å². The molecule has 0 spiro atoms.